The quantitative estimate of drug-likeness (QED) is 0.326. The third-order valence-electron chi connectivity index (χ3n) is 6.08. The van der Waals surface area contributed by atoms with Gasteiger partial charge in [0.1, 0.15) is 28.6 Å². The van der Waals surface area contributed by atoms with E-state index in [0.717, 1.165) is 11.1 Å². The van der Waals surface area contributed by atoms with Crippen LogP contribution < -0.4 is 14.4 Å². The summed E-state index contributed by atoms with van der Waals surface area (Å²) in [6, 6.07) is 14.8. The number of aliphatic hydroxyl groups is 1. The normalized spacial score (nSPS) is 17.2. The van der Waals surface area contributed by atoms with Crippen LogP contribution >= 0.6 is 0 Å². The van der Waals surface area contributed by atoms with Gasteiger partial charge in [-0.1, -0.05) is 30.3 Å². The average Bonchev–Trinajstić information content (AvgIpc) is 3.10. The van der Waals surface area contributed by atoms with Gasteiger partial charge in [-0.05, 0) is 55.3 Å². The zero-order valence-electron chi connectivity index (χ0n) is 19.3. The van der Waals surface area contributed by atoms with Crippen LogP contribution in [0.25, 0.3) is 5.76 Å². The van der Waals surface area contributed by atoms with Gasteiger partial charge in [0.05, 0.1) is 25.8 Å². The first-order valence-corrected chi connectivity index (χ1v) is 10.6. The number of carbonyl (C=O) groups is 2. The molecule has 1 aliphatic heterocycles. The van der Waals surface area contributed by atoms with Gasteiger partial charge < -0.3 is 14.6 Å². The number of halogens is 1. The zero-order chi connectivity index (χ0) is 24.6. The summed E-state index contributed by atoms with van der Waals surface area (Å²) in [5.74, 6) is -2.44. The molecule has 1 amide bonds. The van der Waals surface area contributed by atoms with Crippen LogP contribution in [0.1, 0.15) is 28.3 Å². The number of ketones is 1. The summed E-state index contributed by atoms with van der Waals surface area (Å²) in [5, 5.41) is 11.4. The second-order valence-electron chi connectivity index (χ2n) is 8.00. The second-order valence-corrected chi connectivity index (χ2v) is 8.00. The Hall–Kier alpha value is -4.13. The van der Waals surface area contributed by atoms with Crippen LogP contribution in [0.2, 0.25) is 0 Å². The van der Waals surface area contributed by atoms with E-state index < -0.39 is 29.3 Å². The molecule has 0 spiro atoms. The van der Waals surface area contributed by atoms with Crippen molar-refractivity contribution in [2.24, 2.45) is 0 Å². The van der Waals surface area contributed by atoms with E-state index in [4.69, 9.17) is 9.47 Å². The molecule has 174 valence electrons. The molecular weight excluding hydrogens is 437 g/mol. The highest BCUT2D eigenvalue weighted by Gasteiger charge is 2.48. The molecule has 0 aliphatic carbocycles. The number of aliphatic hydroxyl groups excluding tert-OH is 1. The highest BCUT2D eigenvalue weighted by molar-refractivity contribution is 6.51. The van der Waals surface area contributed by atoms with Gasteiger partial charge in [0.15, 0.2) is 0 Å². The van der Waals surface area contributed by atoms with Crippen LogP contribution in [0, 0.1) is 19.7 Å². The molecule has 1 atom stereocenters. The molecule has 0 saturated carbocycles. The monoisotopic (exact) mass is 461 g/mol. The number of anilines is 1. The molecule has 1 fully saturated rings. The maximum Gasteiger partial charge on any atom is 0.300 e. The molecule has 1 aliphatic rings. The van der Waals surface area contributed by atoms with Crippen LogP contribution in [-0.2, 0) is 9.59 Å². The summed E-state index contributed by atoms with van der Waals surface area (Å²) >= 11 is 0. The van der Waals surface area contributed by atoms with Crippen molar-refractivity contribution in [3.8, 4) is 11.5 Å². The van der Waals surface area contributed by atoms with Gasteiger partial charge in [-0.15, -0.1) is 0 Å². The summed E-state index contributed by atoms with van der Waals surface area (Å²) in [6.45, 7) is 3.81. The molecule has 1 heterocycles. The Balaban J connectivity index is 2.04. The van der Waals surface area contributed by atoms with Crippen molar-refractivity contribution in [1.82, 2.24) is 0 Å². The molecule has 1 saturated heterocycles. The van der Waals surface area contributed by atoms with Gasteiger partial charge in [-0.2, -0.15) is 0 Å². The predicted octanol–water partition coefficient (Wildman–Crippen LogP) is 5.09. The fraction of sp³-hybridized carbons (Fsp3) is 0.185. The number of carbonyl (C=O) groups excluding carboxylic acids is 2. The van der Waals surface area contributed by atoms with Crippen LogP contribution in [0.3, 0.4) is 0 Å². The summed E-state index contributed by atoms with van der Waals surface area (Å²) in [7, 11) is 2.82. The Kier molecular flexibility index (Phi) is 6.11. The standard InChI is InChI=1S/C27H24FNO5/c1-15-12-13-17(14-16(15)2)29-24(18-8-5-6-9-19(18)28)23(26(31)27(29)32)25(30)22-20(33-3)10-7-11-21(22)34-4/h5-14,24,30H,1-4H3/b25-23+. The summed E-state index contributed by atoms with van der Waals surface area (Å²) < 4.78 is 25.8. The number of rotatable bonds is 5. The maximum absolute atomic E-state index is 15.1. The van der Waals surface area contributed by atoms with E-state index in [1.165, 1.54) is 37.3 Å². The Morgan fingerprint density at radius 2 is 1.56 bits per heavy atom. The highest BCUT2D eigenvalue weighted by atomic mass is 19.1. The Labute approximate surface area is 196 Å². The lowest BCUT2D eigenvalue weighted by atomic mass is 9.94. The van der Waals surface area contributed by atoms with Crippen molar-refractivity contribution in [1.29, 1.82) is 0 Å². The smallest absolute Gasteiger partial charge is 0.300 e. The first kappa shape index (κ1) is 23.0. The first-order valence-electron chi connectivity index (χ1n) is 10.6. The third kappa shape index (κ3) is 3.69. The van der Waals surface area contributed by atoms with Crippen molar-refractivity contribution in [2.45, 2.75) is 19.9 Å². The minimum Gasteiger partial charge on any atom is -0.506 e. The van der Waals surface area contributed by atoms with Gasteiger partial charge in [0.2, 0.25) is 0 Å². The number of hydrogen-bond donors (Lipinski definition) is 1. The van der Waals surface area contributed by atoms with Crippen LogP contribution in [-0.4, -0.2) is 31.0 Å². The fourth-order valence-corrected chi connectivity index (χ4v) is 4.18. The lowest BCUT2D eigenvalue weighted by Crippen LogP contribution is -2.30. The predicted molar refractivity (Wildman–Crippen MR) is 127 cm³/mol. The lowest BCUT2D eigenvalue weighted by molar-refractivity contribution is -0.132. The van der Waals surface area contributed by atoms with E-state index in [-0.39, 0.29) is 28.2 Å². The molecule has 34 heavy (non-hydrogen) atoms. The SMILES string of the molecule is COc1cccc(OC)c1/C(O)=C1\C(=O)C(=O)N(c2ccc(C)c(C)c2)C1c1ccccc1F. The van der Waals surface area contributed by atoms with Gasteiger partial charge in [0, 0.05) is 11.3 Å². The molecule has 0 radical (unpaired) electrons. The average molecular weight is 461 g/mol. The highest BCUT2D eigenvalue weighted by Crippen LogP contribution is 2.45. The number of aryl methyl sites for hydroxylation is 2. The number of ether oxygens (including phenoxy) is 2. The molecule has 6 nitrogen and oxygen atoms in total. The lowest BCUT2D eigenvalue weighted by Gasteiger charge is -2.26. The number of methoxy groups -OCH3 is 2. The largest absolute Gasteiger partial charge is 0.506 e. The fourth-order valence-electron chi connectivity index (χ4n) is 4.18. The van der Waals surface area contributed by atoms with Gasteiger partial charge in [-0.3, -0.25) is 14.5 Å². The van der Waals surface area contributed by atoms with Crippen molar-refractivity contribution >= 4 is 23.1 Å². The van der Waals surface area contributed by atoms with E-state index in [2.05, 4.69) is 0 Å². The minimum atomic E-state index is -1.20. The number of Topliss-reactive ketones (excluding diaryl/α,β-unsaturated/α-hetero) is 1. The summed E-state index contributed by atoms with van der Waals surface area (Å²) in [4.78, 5) is 27.9. The Morgan fingerprint density at radius 3 is 2.15 bits per heavy atom. The molecule has 3 aromatic carbocycles. The second kappa shape index (κ2) is 9.02. The number of nitrogens with zero attached hydrogens (tertiary/aromatic N) is 1. The van der Waals surface area contributed by atoms with Crippen LogP contribution in [0.4, 0.5) is 10.1 Å². The Morgan fingerprint density at radius 1 is 0.912 bits per heavy atom. The summed E-state index contributed by atoms with van der Waals surface area (Å²) in [6.07, 6.45) is 0. The van der Waals surface area contributed by atoms with Crippen molar-refractivity contribution in [3.63, 3.8) is 0 Å². The topological polar surface area (TPSA) is 76.1 Å². The van der Waals surface area contributed by atoms with E-state index in [1.54, 1.807) is 36.4 Å². The maximum atomic E-state index is 15.1. The van der Waals surface area contributed by atoms with Crippen molar-refractivity contribution in [2.75, 3.05) is 19.1 Å². The molecule has 0 bridgehead atoms. The van der Waals surface area contributed by atoms with Gasteiger partial charge in [0.25, 0.3) is 11.7 Å². The summed E-state index contributed by atoms with van der Waals surface area (Å²) in [5.41, 5.74) is 2.25. The molecule has 4 rings (SSSR count). The molecular formula is C27H24FNO5. The number of amides is 1. The van der Waals surface area contributed by atoms with E-state index in [0.29, 0.717) is 5.69 Å². The molecule has 0 aromatic heterocycles. The zero-order valence-corrected chi connectivity index (χ0v) is 19.3. The molecule has 7 heteroatoms. The first-order chi connectivity index (χ1) is 16.3. The molecule has 1 unspecified atom stereocenters. The van der Waals surface area contributed by atoms with Gasteiger partial charge >= 0.3 is 0 Å². The van der Waals surface area contributed by atoms with Crippen molar-refractivity contribution in [3.05, 3.63) is 94.3 Å². The molecule has 1 N–H and O–H groups in total. The van der Waals surface area contributed by atoms with Crippen LogP contribution in [0.15, 0.2) is 66.2 Å². The van der Waals surface area contributed by atoms with Crippen molar-refractivity contribution < 1.29 is 28.6 Å². The van der Waals surface area contributed by atoms with E-state index in [1.807, 2.05) is 19.9 Å². The van der Waals surface area contributed by atoms with E-state index >= 15 is 4.39 Å². The number of hydrogen-bond acceptors (Lipinski definition) is 5. The third-order valence-corrected chi connectivity index (χ3v) is 6.08. The van der Waals surface area contributed by atoms with Crippen LogP contribution in [0.5, 0.6) is 11.5 Å². The minimum absolute atomic E-state index is 0.0790. The van der Waals surface area contributed by atoms with E-state index in [9.17, 15) is 14.7 Å². The molecule has 3 aromatic rings. The van der Waals surface area contributed by atoms with Gasteiger partial charge in [-0.25, -0.2) is 4.39 Å². The number of benzene rings is 3. The Bertz CT molecular complexity index is 1310.